The number of nitrogens with zero attached hydrogens (tertiary/aromatic N) is 1. The smallest absolute Gasteiger partial charge is 0.244 e. The fraction of sp³-hybridized carbons (Fsp3) is 0.571. The van der Waals surface area contributed by atoms with Crippen LogP contribution in [0, 0.1) is 0 Å². The summed E-state index contributed by atoms with van der Waals surface area (Å²) in [5.41, 5.74) is 0. The van der Waals surface area contributed by atoms with Gasteiger partial charge in [-0.05, 0) is 50.7 Å². The molecule has 0 atom stereocenters. The third-order valence-corrected chi connectivity index (χ3v) is 5.81. The predicted molar refractivity (Wildman–Crippen MR) is 86.2 cm³/mol. The van der Waals surface area contributed by atoms with E-state index in [0.717, 1.165) is 32.5 Å². The van der Waals surface area contributed by atoms with Gasteiger partial charge in [0.25, 0.3) is 0 Å². The number of hydrogen-bond acceptors (Lipinski definition) is 4. The molecule has 0 saturated carbocycles. The van der Waals surface area contributed by atoms with Gasteiger partial charge in [-0.25, -0.2) is 13.1 Å². The van der Waals surface area contributed by atoms with Crippen LogP contribution in [0.5, 0.6) is 5.75 Å². The van der Waals surface area contributed by atoms with Crippen molar-refractivity contribution in [1.82, 2.24) is 9.62 Å². The molecule has 1 fully saturated rings. The highest BCUT2D eigenvalue weighted by Gasteiger charge is 2.26. The molecule has 0 amide bonds. The fourth-order valence-electron chi connectivity index (χ4n) is 2.51. The minimum absolute atomic E-state index is 0.0125. The van der Waals surface area contributed by atoms with Crippen molar-refractivity contribution in [1.29, 1.82) is 0 Å². The van der Waals surface area contributed by atoms with Gasteiger partial charge in [-0.15, -0.1) is 0 Å². The van der Waals surface area contributed by atoms with Gasteiger partial charge in [0, 0.05) is 10.5 Å². The minimum atomic E-state index is -3.57. The highest BCUT2D eigenvalue weighted by Crippen LogP contribution is 2.27. The summed E-state index contributed by atoms with van der Waals surface area (Å²) in [7, 11) is -2.10. The van der Waals surface area contributed by atoms with E-state index >= 15 is 0 Å². The summed E-state index contributed by atoms with van der Waals surface area (Å²) in [6.45, 7) is 4.99. The Kier molecular flexibility index (Phi) is 5.65. The number of ether oxygens (including phenoxy) is 1. The summed E-state index contributed by atoms with van der Waals surface area (Å²) < 4.78 is 33.8. The van der Waals surface area contributed by atoms with Crippen molar-refractivity contribution >= 4 is 26.0 Å². The molecule has 1 aromatic rings. The van der Waals surface area contributed by atoms with Crippen LogP contribution in [0.2, 0.25) is 0 Å². The first kappa shape index (κ1) is 16.7. The summed E-state index contributed by atoms with van der Waals surface area (Å²) in [4.78, 5) is 2.50. The van der Waals surface area contributed by atoms with Gasteiger partial charge in [0.2, 0.25) is 10.0 Å². The van der Waals surface area contributed by atoms with Crippen LogP contribution >= 0.6 is 15.9 Å². The maximum absolute atomic E-state index is 12.6. The van der Waals surface area contributed by atoms with E-state index in [9.17, 15) is 8.42 Å². The van der Waals surface area contributed by atoms with Crippen LogP contribution in [-0.4, -0.2) is 46.1 Å². The molecule has 2 rings (SSSR count). The Balaban J connectivity index is 2.14. The average molecular weight is 377 g/mol. The van der Waals surface area contributed by atoms with Gasteiger partial charge in [0.05, 0.1) is 7.11 Å². The Morgan fingerprint density at radius 3 is 2.62 bits per heavy atom. The van der Waals surface area contributed by atoms with Crippen LogP contribution in [0.15, 0.2) is 27.6 Å². The van der Waals surface area contributed by atoms with Crippen LogP contribution in [0.4, 0.5) is 0 Å². The van der Waals surface area contributed by atoms with E-state index in [2.05, 4.69) is 32.5 Å². The number of nitrogens with one attached hydrogen (secondary N) is 1. The zero-order valence-electron chi connectivity index (χ0n) is 12.3. The lowest BCUT2D eigenvalue weighted by Gasteiger charge is -2.31. The van der Waals surface area contributed by atoms with Gasteiger partial charge in [-0.2, -0.15) is 0 Å². The van der Waals surface area contributed by atoms with E-state index in [1.54, 1.807) is 18.2 Å². The predicted octanol–water partition coefficient (Wildman–Crippen LogP) is 2.22. The number of likely N-dealkylation sites (tertiary alicyclic amines) is 1. The van der Waals surface area contributed by atoms with Crippen LogP contribution in [0.25, 0.3) is 0 Å². The standard InChI is InChI=1S/C14H21BrN2O3S/c1-3-17-8-6-12(7-9-17)16-21(18,19)14-10-11(15)4-5-13(14)20-2/h4-5,10,12,16H,3,6-9H2,1-2H3. The van der Waals surface area contributed by atoms with Crippen molar-refractivity contribution in [3.05, 3.63) is 22.7 Å². The van der Waals surface area contributed by atoms with Crippen molar-refractivity contribution in [2.24, 2.45) is 0 Å². The lowest BCUT2D eigenvalue weighted by molar-refractivity contribution is 0.217. The number of methoxy groups -OCH3 is 1. The minimum Gasteiger partial charge on any atom is -0.495 e. The number of halogens is 1. The molecule has 1 aliphatic heterocycles. The molecule has 21 heavy (non-hydrogen) atoms. The van der Waals surface area contributed by atoms with Gasteiger partial charge in [-0.1, -0.05) is 22.9 Å². The molecular formula is C14H21BrN2O3S. The summed E-state index contributed by atoms with van der Waals surface area (Å²) in [5, 5.41) is 0. The Morgan fingerprint density at radius 2 is 2.05 bits per heavy atom. The maximum atomic E-state index is 12.6. The Morgan fingerprint density at radius 1 is 1.38 bits per heavy atom. The van der Waals surface area contributed by atoms with Crippen molar-refractivity contribution in [3.8, 4) is 5.75 Å². The van der Waals surface area contributed by atoms with Crippen LogP contribution in [0.1, 0.15) is 19.8 Å². The number of hydrogen-bond donors (Lipinski definition) is 1. The SMILES string of the molecule is CCN1CCC(NS(=O)(=O)c2cc(Br)ccc2OC)CC1. The zero-order valence-corrected chi connectivity index (χ0v) is 14.7. The fourth-order valence-corrected chi connectivity index (χ4v) is 4.52. The number of rotatable bonds is 5. The van der Waals surface area contributed by atoms with Gasteiger partial charge in [0.1, 0.15) is 10.6 Å². The quantitative estimate of drug-likeness (QED) is 0.855. The molecular weight excluding hydrogens is 356 g/mol. The maximum Gasteiger partial charge on any atom is 0.244 e. The van der Waals surface area contributed by atoms with Gasteiger partial charge in [-0.3, -0.25) is 0 Å². The van der Waals surface area contributed by atoms with Gasteiger partial charge < -0.3 is 9.64 Å². The van der Waals surface area contributed by atoms with Gasteiger partial charge >= 0.3 is 0 Å². The van der Waals surface area contributed by atoms with E-state index in [0.29, 0.717) is 10.2 Å². The highest BCUT2D eigenvalue weighted by atomic mass is 79.9. The molecule has 118 valence electrons. The summed E-state index contributed by atoms with van der Waals surface area (Å²) in [5.74, 6) is 0.358. The number of sulfonamides is 1. The first-order chi connectivity index (χ1) is 9.96. The topological polar surface area (TPSA) is 58.6 Å². The first-order valence-corrected chi connectivity index (χ1v) is 9.32. The zero-order chi connectivity index (χ0) is 15.5. The monoisotopic (exact) mass is 376 g/mol. The van der Waals surface area contributed by atoms with Crippen LogP contribution < -0.4 is 9.46 Å². The molecule has 1 aliphatic rings. The molecule has 7 heteroatoms. The average Bonchev–Trinajstić information content (AvgIpc) is 2.47. The molecule has 0 spiro atoms. The van der Waals surface area contributed by atoms with Crippen molar-refractivity contribution < 1.29 is 13.2 Å². The normalized spacial score (nSPS) is 17.9. The molecule has 1 N–H and O–H groups in total. The van der Waals surface area contributed by atoms with Gasteiger partial charge in [0.15, 0.2) is 0 Å². The van der Waals surface area contributed by atoms with E-state index in [1.807, 2.05) is 0 Å². The second kappa shape index (κ2) is 7.09. The molecule has 0 unspecified atom stereocenters. The van der Waals surface area contributed by atoms with Crippen molar-refractivity contribution in [3.63, 3.8) is 0 Å². The first-order valence-electron chi connectivity index (χ1n) is 7.04. The Labute approximate surface area is 134 Å². The Bertz CT molecular complexity index is 584. The number of benzene rings is 1. The molecule has 1 heterocycles. The van der Waals surface area contributed by atoms with Crippen molar-refractivity contribution in [2.75, 3.05) is 26.7 Å². The Hall–Kier alpha value is -0.630. The van der Waals surface area contributed by atoms with Crippen LogP contribution in [-0.2, 0) is 10.0 Å². The third kappa shape index (κ3) is 4.18. The van der Waals surface area contributed by atoms with Crippen LogP contribution in [0.3, 0.4) is 0 Å². The molecule has 1 saturated heterocycles. The molecule has 1 aromatic carbocycles. The van der Waals surface area contributed by atoms with E-state index in [1.165, 1.54) is 7.11 Å². The number of piperidine rings is 1. The highest BCUT2D eigenvalue weighted by molar-refractivity contribution is 9.10. The van der Waals surface area contributed by atoms with E-state index in [4.69, 9.17) is 4.74 Å². The second-order valence-electron chi connectivity index (χ2n) is 5.13. The largest absolute Gasteiger partial charge is 0.495 e. The molecule has 0 radical (unpaired) electrons. The summed E-state index contributed by atoms with van der Waals surface area (Å²) in [6, 6.07) is 4.97. The molecule has 5 nitrogen and oxygen atoms in total. The van der Waals surface area contributed by atoms with Crippen molar-refractivity contribution in [2.45, 2.75) is 30.7 Å². The third-order valence-electron chi connectivity index (χ3n) is 3.77. The second-order valence-corrected chi connectivity index (χ2v) is 7.72. The lowest BCUT2D eigenvalue weighted by Crippen LogP contribution is -2.44. The summed E-state index contributed by atoms with van der Waals surface area (Å²) in [6.07, 6.45) is 1.67. The van der Waals surface area contributed by atoms with E-state index < -0.39 is 10.0 Å². The molecule has 0 aliphatic carbocycles. The summed E-state index contributed by atoms with van der Waals surface area (Å²) >= 11 is 3.31. The molecule has 0 aromatic heterocycles. The lowest BCUT2D eigenvalue weighted by atomic mass is 10.1. The molecule has 0 bridgehead atoms. The van der Waals surface area contributed by atoms with E-state index in [-0.39, 0.29) is 10.9 Å².